The Morgan fingerprint density at radius 1 is 1.41 bits per heavy atom. The average Bonchev–Trinajstić information content (AvgIpc) is 2.22. The molecule has 0 aliphatic heterocycles. The fourth-order valence-electron chi connectivity index (χ4n) is 1.79. The second kappa shape index (κ2) is 4.61. The number of halogens is 1. The number of hydrogen-bond acceptors (Lipinski definition) is 3. The van der Waals surface area contributed by atoms with Gasteiger partial charge in [0.25, 0.3) is 0 Å². The molecule has 1 aromatic rings. The summed E-state index contributed by atoms with van der Waals surface area (Å²) < 4.78 is 23.6. The second-order valence-corrected chi connectivity index (χ2v) is 4.04. The van der Waals surface area contributed by atoms with Crippen LogP contribution in [0, 0.1) is 11.7 Å². The fourth-order valence-corrected chi connectivity index (χ4v) is 1.79. The third kappa shape index (κ3) is 2.49. The molecule has 1 N–H and O–H groups in total. The summed E-state index contributed by atoms with van der Waals surface area (Å²) in [4.78, 5) is 10.6. The van der Waals surface area contributed by atoms with Gasteiger partial charge in [0.1, 0.15) is 11.9 Å². The Morgan fingerprint density at radius 3 is 2.71 bits per heavy atom. The van der Waals surface area contributed by atoms with Gasteiger partial charge in [-0.05, 0) is 25.0 Å². The summed E-state index contributed by atoms with van der Waals surface area (Å²) in [7, 11) is 1.47. The zero-order valence-corrected chi connectivity index (χ0v) is 9.35. The van der Waals surface area contributed by atoms with Crippen molar-refractivity contribution in [2.75, 3.05) is 7.11 Å². The lowest BCUT2D eigenvalue weighted by atomic mass is 9.82. The van der Waals surface area contributed by atoms with Crippen LogP contribution in [0.3, 0.4) is 0 Å². The van der Waals surface area contributed by atoms with Crippen LogP contribution in [0.4, 0.5) is 4.39 Å². The van der Waals surface area contributed by atoms with Gasteiger partial charge in [-0.1, -0.05) is 0 Å². The number of ether oxygens (including phenoxy) is 2. The van der Waals surface area contributed by atoms with E-state index in [4.69, 9.17) is 14.6 Å². The molecule has 0 unspecified atom stereocenters. The number of aliphatic carboxylic acids is 1. The average molecular weight is 240 g/mol. The quantitative estimate of drug-likeness (QED) is 0.875. The van der Waals surface area contributed by atoms with E-state index in [0.29, 0.717) is 24.3 Å². The molecule has 92 valence electrons. The van der Waals surface area contributed by atoms with Crippen molar-refractivity contribution in [1.82, 2.24) is 0 Å². The molecule has 4 nitrogen and oxygen atoms in total. The first-order valence-electron chi connectivity index (χ1n) is 5.33. The molecule has 0 bridgehead atoms. The molecule has 5 heteroatoms. The second-order valence-electron chi connectivity index (χ2n) is 4.04. The van der Waals surface area contributed by atoms with E-state index in [0.717, 1.165) is 0 Å². The Hall–Kier alpha value is -1.78. The molecule has 0 radical (unpaired) electrons. The summed E-state index contributed by atoms with van der Waals surface area (Å²) in [6.07, 6.45) is 0.732. The van der Waals surface area contributed by atoms with Gasteiger partial charge in [-0.2, -0.15) is 0 Å². The minimum atomic E-state index is -0.809. The summed E-state index contributed by atoms with van der Waals surface area (Å²) in [5.74, 6) is -0.794. The van der Waals surface area contributed by atoms with Crippen molar-refractivity contribution in [3.63, 3.8) is 0 Å². The number of rotatable bonds is 4. The topological polar surface area (TPSA) is 55.8 Å². The molecule has 1 saturated carbocycles. The van der Waals surface area contributed by atoms with Crippen molar-refractivity contribution in [2.24, 2.45) is 5.92 Å². The van der Waals surface area contributed by atoms with E-state index in [2.05, 4.69) is 0 Å². The van der Waals surface area contributed by atoms with Gasteiger partial charge in [0, 0.05) is 6.07 Å². The number of methoxy groups -OCH3 is 1. The lowest BCUT2D eigenvalue weighted by molar-refractivity contribution is -0.147. The molecule has 0 amide bonds. The van der Waals surface area contributed by atoms with Crippen LogP contribution in [-0.4, -0.2) is 24.3 Å². The highest BCUT2D eigenvalue weighted by molar-refractivity contribution is 5.71. The molecular formula is C12H13FO4. The van der Waals surface area contributed by atoms with E-state index in [1.54, 1.807) is 0 Å². The van der Waals surface area contributed by atoms with E-state index >= 15 is 0 Å². The SMILES string of the molecule is COc1ccc(F)cc1O[C@H]1C[C@H](C(=O)O)C1. The van der Waals surface area contributed by atoms with Crippen LogP contribution < -0.4 is 9.47 Å². The molecule has 0 atom stereocenters. The van der Waals surface area contributed by atoms with Gasteiger partial charge in [-0.25, -0.2) is 4.39 Å². The van der Waals surface area contributed by atoms with Crippen LogP contribution in [0.5, 0.6) is 11.5 Å². The molecule has 0 heterocycles. The molecule has 0 aromatic heterocycles. The lowest BCUT2D eigenvalue weighted by Crippen LogP contribution is -2.38. The number of hydrogen-bond donors (Lipinski definition) is 1. The zero-order valence-electron chi connectivity index (χ0n) is 9.35. The number of carboxylic acids is 1. The van der Waals surface area contributed by atoms with Crippen molar-refractivity contribution in [2.45, 2.75) is 18.9 Å². The normalized spacial score (nSPS) is 22.7. The Balaban J connectivity index is 2.00. The van der Waals surface area contributed by atoms with Crippen LogP contribution in [0.15, 0.2) is 18.2 Å². The summed E-state index contributed by atoms with van der Waals surface area (Å²) in [6, 6.07) is 4.01. The fraction of sp³-hybridized carbons (Fsp3) is 0.417. The molecular weight excluding hydrogens is 227 g/mol. The number of carbonyl (C=O) groups is 1. The minimum absolute atomic E-state index is 0.174. The predicted molar refractivity (Wildman–Crippen MR) is 57.7 cm³/mol. The molecule has 2 rings (SSSR count). The predicted octanol–water partition coefficient (Wildman–Crippen LogP) is 2.08. The Kier molecular flexibility index (Phi) is 3.17. The van der Waals surface area contributed by atoms with Gasteiger partial charge in [0.05, 0.1) is 13.0 Å². The molecule has 1 aliphatic carbocycles. The first kappa shape index (κ1) is 11.7. The monoisotopic (exact) mass is 240 g/mol. The highest BCUT2D eigenvalue weighted by Crippen LogP contribution is 2.35. The largest absolute Gasteiger partial charge is 0.493 e. The highest BCUT2D eigenvalue weighted by Gasteiger charge is 2.36. The Labute approximate surface area is 98.0 Å². The van der Waals surface area contributed by atoms with Crippen LogP contribution in [0.1, 0.15) is 12.8 Å². The Bertz CT molecular complexity index is 427. The van der Waals surface area contributed by atoms with E-state index in [1.807, 2.05) is 0 Å². The molecule has 1 fully saturated rings. The molecule has 0 saturated heterocycles. The maximum absolute atomic E-state index is 13.0. The van der Waals surface area contributed by atoms with Gasteiger partial charge >= 0.3 is 5.97 Å². The van der Waals surface area contributed by atoms with E-state index in [1.165, 1.54) is 25.3 Å². The van der Waals surface area contributed by atoms with Crippen molar-refractivity contribution in [3.8, 4) is 11.5 Å². The number of benzene rings is 1. The van der Waals surface area contributed by atoms with Gasteiger partial charge in [0.2, 0.25) is 0 Å². The van der Waals surface area contributed by atoms with Crippen LogP contribution in [-0.2, 0) is 4.79 Å². The van der Waals surface area contributed by atoms with E-state index < -0.39 is 11.8 Å². The summed E-state index contributed by atoms with van der Waals surface area (Å²) >= 11 is 0. The third-order valence-electron chi connectivity index (χ3n) is 2.86. The minimum Gasteiger partial charge on any atom is -0.493 e. The van der Waals surface area contributed by atoms with Crippen molar-refractivity contribution >= 4 is 5.97 Å². The summed E-state index contributed by atoms with van der Waals surface area (Å²) in [6.45, 7) is 0. The first-order chi connectivity index (χ1) is 8.10. The van der Waals surface area contributed by atoms with Gasteiger partial charge in [0.15, 0.2) is 11.5 Å². The lowest BCUT2D eigenvalue weighted by Gasteiger charge is -2.32. The summed E-state index contributed by atoms with van der Waals surface area (Å²) in [5.41, 5.74) is 0. The standard InChI is InChI=1S/C12H13FO4/c1-16-10-3-2-8(13)6-11(10)17-9-4-7(5-9)12(14)15/h2-3,6-7,9H,4-5H2,1H3,(H,14,15)/t7-,9-. The maximum atomic E-state index is 13.0. The van der Waals surface area contributed by atoms with Crippen LogP contribution in [0.25, 0.3) is 0 Å². The summed E-state index contributed by atoms with van der Waals surface area (Å²) in [5, 5.41) is 8.72. The first-order valence-corrected chi connectivity index (χ1v) is 5.33. The van der Waals surface area contributed by atoms with Gasteiger partial charge < -0.3 is 14.6 Å². The van der Waals surface area contributed by atoms with Crippen LogP contribution in [0.2, 0.25) is 0 Å². The molecule has 0 spiro atoms. The van der Waals surface area contributed by atoms with Crippen LogP contribution >= 0.6 is 0 Å². The molecule has 1 aliphatic rings. The molecule has 17 heavy (non-hydrogen) atoms. The van der Waals surface area contributed by atoms with Crippen molar-refractivity contribution in [1.29, 1.82) is 0 Å². The highest BCUT2D eigenvalue weighted by atomic mass is 19.1. The Morgan fingerprint density at radius 2 is 2.12 bits per heavy atom. The smallest absolute Gasteiger partial charge is 0.306 e. The van der Waals surface area contributed by atoms with Crippen molar-refractivity contribution in [3.05, 3.63) is 24.0 Å². The molecule has 1 aromatic carbocycles. The maximum Gasteiger partial charge on any atom is 0.306 e. The zero-order chi connectivity index (χ0) is 12.4. The van der Waals surface area contributed by atoms with E-state index in [9.17, 15) is 9.18 Å². The number of carboxylic acid groups (broad SMARTS) is 1. The van der Waals surface area contributed by atoms with Gasteiger partial charge in [-0.3, -0.25) is 4.79 Å². The third-order valence-corrected chi connectivity index (χ3v) is 2.86. The van der Waals surface area contributed by atoms with Crippen molar-refractivity contribution < 1.29 is 23.8 Å². The van der Waals surface area contributed by atoms with E-state index in [-0.39, 0.29) is 12.0 Å². The van der Waals surface area contributed by atoms with Gasteiger partial charge in [-0.15, -0.1) is 0 Å².